The number of aryl methyl sites for hydroxylation is 2. The van der Waals surface area contributed by atoms with Gasteiger partial charge in [-0.1, -0.05) is 12.1 Å². The third kappa shape index (κ3) is 2.44. The Labute approximate surface area is 96.9 Å². The van der Waals surface area contributed by atoms with E-state index in [1.807, 2.05) is 26.0 Å². The molecule has 1 aromatic carbocycles. The first kappa shape index (κ1) is 12.3. The maximum atomic E-state index is 9.63. The van der Waals surface area contributed by atoms with E-state index in [0.29, 0.717) is 11.7 Å². The van der Waals surface area contributed by atoms with Gasteiger partial charge in [0.05, 0.1) is 0 Å². The number of benzene rings is 1. The fourth-order valence-corrected chi connectivity index (χ4v) is 1.91. The van der Waals surface area contributed by atoms with Crippen LogP contribution >= 0.6 is 12.4 Å². The van der Waals surface area contributed by atoms with Crippen LogP contribution in [0.3, 0.4) is 0 Å². The first-order valence-electron chi connectivity index (χ1n) is 5.15. The van der Waals surface area contributed by atoms with Gasteiger partial charge in [0, 0.05) is 6.04 Å². The predicted molar refractivity (Wildman–Crippen MR) is 64.5 cm³/mol. The highest BCUT2D eigenvalue weighted by Gasteiger charge is 2.29. The monoisotopic (exact) mass is 227 g/mol. The molecule has 0 saturated heterocycles. The van der Waals surface area contributed by atoms with Gasteiger partial charge in [0.25, 0.3) is 0 Å². The number of halogens is 1. The minimum Gasteiger partial charge on any atom is -0.507 e. The standard InChI is InChI=1S/C12H17NO.ClH/c1-7-5-10(6-8(2)12(7)14)11(13)9-3-4-9;/h5-6,9,11,14H,3-4,13H2,1-2H3;1H/t11-;/m1./s1. The molecule has 0 unspecified atom stereocenters. The number of phenols is 1. The minimum absolute atomic E-state index is 0. The predicted octanol–water partition coefficient (Wildman–Crippen LogP) is 2.84. The second kappa shape index (κ2) is 4.42. The number of hydrogen-bond donors (Lipinski definition) is 2. The molecule has 84 valence electrons. The highest BCUT2D eigenvalue weighted by Crippen LogP contribution is 2.40. The van der Waals surface area contributed by atoms with E-state index in [9.17, 15) is 5.11 Å². The Balaban J connectivity index is 0.00000112. The lowest BCUT2D eigenvalue weighted by Gasteiger charge is -2.13. The largest absolute Gasteiger partial charge is 0.507 e. The fraction of sp³-hybridized carbons (Fsp3) is 0.500. The zero-order chi connectivity index (χ0) is 10.3. The van der Waals surface area contributed by atoms with Crippen LogP contribution in [0.5, 0.6) is 5.75 Å². The summed E-state index contributed by atoms with van der Waals surface area (Å²) >= 11 is 0. The molecular weight excluding hydrogens is 210 g/mol. The van der Waals surface area contributed by atoms with Crippen LogP contribution in [0, 0.1) is 19.8 Å². The van der Waals surface area contributed by atoms with Crippen LogP contribution in [0.4, 0.5) is 0 Å². The highest BCUT2D eigenvalue weighted by atomic mass is 35.5. The molecule has 0 radical (unpaired) electrons. The molecule has 3 N–H and O–H groups in total. The number of nitrogens with two attached hydrogens (primary N) is 1. The summed E-state index contributed by atoms with van der Waals surface area (Å²) in [6, 6.07) is 4.17. The molecule has 0 spiro atoms. The van der Waals surface area contributed by atoms with Gasteiger partial charge in [-0.15, -0.1) is 12.4 Å². The van der Waals surface area contributed by atoms with Crippen molar-refractivity contribution in [1.29, 1.82) is 0 Å². The van der Waals surface area contributed by atoms with Gasteiger partial charge in [0.1, 0.15) is 5.75 Å². The average molecular weight is 228 g/mol. The van der Waals surface area contributed by atoms with Crippen LogP contribution in [-0.4, -0.2) is 5.11 Å². The molecule has 1 aliphatic carbocycles. The Kier molecular flexibility index (Phi) is 3.63. The average Bonchev–Trinajstić information content (AvgIpc) is 2.95. The second-order valence-electron chi connectivity index (χ2n) is 4.37. The van der Waals surface area contributed by atoms with E-state index < -0.39 is 0 Å². The molecule has 1 saturated carbocycles. The van der Waals surface area contributed by atoms with Crippen molar-refractivity contribution < 1.29 is 5.11 Å². The van der Waals surface area contributed by atoms with Gasteiger partial charge in [-0.25, -0.2) is 0 Å². The number of rotatable bonds is 2. The Hall–Kier alpha value is -0.730. The van der Waals surface area contributed by atoms with E-state index in [1.54, 1.807) is 0 Å². The van der Waals surface area contributed by atoms with Crippen LogP contribution in [0.25, 0.3) is 0 Å². The molecule has 3 heteroatoms. The van der Waals surface area contributed by atoms with Crippen molar-refractivity contribution >= 4 is 12.4 Å². The molecular formula is C12H18ClNO. The molecule has 0 aromatic heterocycles. The van der Waals surface area contributed by atoms with Crippen LogP contribution < -0.4 is 5.73 Å². The van der Waals surface area contributed by atoms with Gasteiger partial charge in [-0.3, -0.25) is 0 Å². The molecule has 2 nitrogen and oxygen atoms in total. The maximum absolute atomic E-state index is 9.63. The van der Waals surface area contributed by atoms with Crippen molar-refractivity contribution in [3.05, 3.63) is 28.8 Å². The topological polar surface area (TPSA) is 46.2 Å². The van der Waals surface area contributed by atoms with Gasteiger partial charge in [-0.05, 0) is 49.3 Å². The van der Waals surface area contributed by atoms with Gasteiger partial charge < -0.3 is 10.8 Å². The summed E-state index contributed by atoms with van der Waals surface area (Å²) in [6.07, 6.45) is 2.50. The molecule has 0 aliphatic heterocycles. The minimum atomic E-state index is 0. The zero-order valence-electron chi connectivity index (χ0n) is 9.16. The lowest BCUT2D eigenvalue weighted by molar-refractivity contribution is 0.466. The lowest BCUT2D eigenvalue weighted by atomic mass is 9.98. The zero-order valence-corrected chi connectivity index (χ0v) is 9.97. The van der Waals surface area contributed by atoms with Crippen molar-refractivity contribution in [2.45, 2.75) is 32.7 Å². The SMILES string of the molecule is Cc1cc([C@H](N)C2CC2)cc(C)c1O.Cl. The van der Waals surface area contributed by atoms with Gasteiger partial charge in [0.2, 0.25) is 0 Å². The molecule has 2 rings (SSSR count). The number of phenolic OH excluding ortho intramolecular Hbond substituents is 1. The number of aromatic hydroxyl groups is 1. The summed E-state index contributed by atoms with van der Waals surface area (Å²) in [5.74, 6) is 1.06. The van der Waals surface area contributed by atoms with E-state index in [2.05, 4.69) is 0 Å². The van der Waals surface area contributed by atoms with E-state index in [0.717, 1.165) is 11.1 Å². The molecule has 0 heterocycles. The van der Waals surface area contributed by atoms with E-state index in [-0.39, 0.29) is 18.4 Å². The summed E-state index contributed by atoms with van der Waals surface area (Å²) in [5, 5.41) is 9.63. The third-order valence-corrected chi connectivity index (χ3v) is 3.03. The normalized spacial score (nSPS) is 17.0. The smallest absolute Gasteiger partial charge is 0.121 e. The van der Waals surface area contributed by atoms with Crippen molar-refractivity contribution in [3.8, 4) is 5.75 Å². The maximum Gasteiger partial charge on any atom is 0.121 e. The molecule has 1 aromatic rings. The Morgan fingerprint density at radius 1 is 1.27 bits per heavy atom. The molecule has 1 atom stereocenters. The number of hydrogen-bond acceptors (Lipinski definition) is 2. The van der Waals surface area contributed by atoms with Crippen LogP contribution in [0.1, 0.15) is 35.6 Å². The molecule has 1 fully saturated rings. The fourth-order valence-electron chi connectivity index (χ4n) is 1.91. The highest BCUT2D eigenvalue weighted by molar-refractivity contribution is 5.85. The summed E-state index contributed by atoms with van der Waals surface area (Å²) in [5.41, 5.74) is 9.13. The van der Waals surface area contributed by atoms with Crippen LogP contribution in [0.15, 0.2) is 12.1 Å². The summed E-state index contributed by atoms with van der Waals surface area (Å²) in [4.78, 5) is 0. The summed E-state index contributed by atoms with van der Waals surface area (Å²) < 4.78 is 0. The molecule has 1 aliphatic rings. The quantitative estimate of drug-likeness (QED) is 0.816. The van der Waals surface area contributed by atoms with E-state index in [4.69, 9.17) is 5.73 Å². The lowest BCUT2D eigenvalue weighted by Crippen LogP contribution is -2.12. The van der Waals surface area contributed by atoms with Crippen LogP contribution in [-0.2, 0) is 0 Å². The Morgan fingerprint density at radius 2 is 1.73 bits per heavy atom. The van der Waals surface area contributed by atoms with Crippen molar-refractivity contribution in [2.75, 3.05) is 0 Å². The Bertz CT molecular complexity index is 338. The molecule has 0 bridgehead atoms. The van der Waals surface area contributed by atoms with E-state index in [1.165, 1.54) is 18.4 Å². The second-order valence-corrected chi connectivity index (χ2v) is 4.37. The van der Waals surface area contributed by atoms with Gasteiger partial charge in [0.15, 0.2) is 0 Å². The van der Waals surface area contributed by atoms with Crippen molar-refractivity contribution in [2.24, 2.45) is 11.7 Å². The molecule has 15 heavy (non-hydrogen) atoms. The van der Waals surface area contributed by atoms with Crippen molar-refractivity contribution in [3.63, 3.8) is 0 Å². The van der Waals surface area contributed by atoms with Gasteiger partial charge >= 0.3 is 0 Å². The van der Waals surface area contributed by atoms with Crippen molar-refractivity contribution in [1.82, 2.24) is 0 Å². The van der Waals surface area contributed by atoms with Crippen LogP contribution in [0.2, 0.25) is 0 Å². The first-order chi connectivity index (χ1) is 6.59. The first-order valence-corrected chi connectivity index (χ1v) is 5.15. The molecule has 0 amide bonds. The Morgan fingerprint density at radius 3 is 2.13 bits per heavy atom. The van der Waals surface area contributed by atoms with E-state index >= 15 is 0 Å². The summed E-state index contributed by atoms with van der Waals surface area (Å²) in [7, 11) is 0. The van der Waals surface area contributed by atoms with Gasteiger partial charge in [-0.2, -0.15) is 0 Å². The summed E-state index contributed by atoms with van der Waals surface area (Å²) in [6.45, 7) is 3.84. The third-order valence-electron chi connectivity index (χ3n) is 3.03.